The van der Waals surface area contributed by atoms with Crippen molar-refractivity contribution in [3.63, 3.8) is 0 Å². The highest BCUT2D eigenvalue weighted by Crippen LogP contribution is 2.47. The Bertz CT molecular complexity index is 498. The van der Waals surface area contributed by atoms with Crippen LogP contribution in [0.4, 0.5) is 0 Å². The van der Waals surface area contributed by atoms with Crippen molar-refractivity contribution in [3.05, 3.63) is 28.8 Å². The molecule has 2 rings (SSSR count). The molecule has 0 N–H and O–H groups in total. The fourth-order valence-electron chi connectivity index (χ4n) is 2.98. The molecule has 0 saturated heterocycles. The SMILES string of the molecule is Cc1cc2c(cc1OCC=O)C(C)(C)CCC2(C)C. The first kappa shape index (κ1) is 14.1. The van der Waals surface area contributed by atoms with E-state index in [4.69, 9.17) is 4.74 Å². The molecule has 0 atom stereocenters. The number of aldehydes is 1. The summed E-state index contributed by atoms with van der Waals surface area (Å²) in [5, 5.41) is 0. The number of fused-ring (bicyclic) bond motifs is 1. The van der Waals surface area contributed by atoms with Crippen LogP contribution in [0.2, 0.25) is 0 Å². The van der Waals surface area contributed by atoms with Crippen molar-refractivity contribution in [3.8, 4) is 5.75 Å². The van der Waals surface area contributed by atoms with Crippen LogP contribution in [-0.2, 0) is 15.6 Å². The number of carbonyl (C=O) groups excluding carboxylic acids is 1. The van der Waals surface area contributed by atoms with E-state index in [2.05, 4.69) is 46.8 Å². The third-order valence-corrected chi connectivity index (χ3v) is 4.46. The molecule has 0 amide bonds. The Hall–Kier alpha value is -1.31. The average molecular weight is 260 g/mol. The molecule has 0 aliphatic heterocycles. The molecule has 0 unspecified atom stereocenters. The molecule has 2 heteroatoms. The van der Waals surface area contributed by atoms with Crippen molar-refractivity contribution in [2.45, 2.75) is 58.3 Å². The van der Waals surface area contributed by atoms with E-state index >= 15 is 0 Å². The van der Waals surface area contributed by atoms with Crippen LogP contribution in [-0.4, -0.2) is 12.9 Å². The summed E-state index contributed by atoms with van der Waals surface area (Å²) in [6, 6.07) is 4.39. The molecular weight excluding hydrogens is 236 g/mol. The molecular formula is C17H24O2. The van der Waals surface area contributed by atoms with Crippen molar-refractivity contribution in [1.29, 1.82) is 0 Å². The summed E-state index contributed by atoms with van der Waals surface area (Å²) in [5.74, 6) is 0.844. The molecule has 0 aromatic heterocycles. The Morgan fingerprint density at radius 3 is 2.16 bits per heavy atom. The monoisotopic (exact) mass is 260 g/mol. The van der Waals surface area contributed by atoms with Gasteiger partial charge in [-0.1, -0.05) is 33.8 Å². The summed E-state index contributed by atoms with van der Waals surface area (Å²) in [4.78, 5) is 10.5. The van der Waals surface area contributed by atoms with Crippen molar-refractivity contribution in [1.82, 2.24) is 0 Å². The summed E-state index contributed by atoms with van der Waals surface area (Å²) < 4.78 is 5.55. The molecule has 0 saturated carbocycles. The normalized spacial score (nSPS) is 19.6. The van der Waals surface area contributed by atoms with Gasteiger partial charge in [0.1, 0.15) is 12.4 Å². The molecule has 104 valence electrons. The molecule has 0 bridgehead atoms. The van der Waals surface area contributed by atoms with Crippen molar-refractivity contribution < 1.29 is 9.53 Å². The molecule has 1 aromatic carbocycles. The summed E-state index contributed by atoms with van der Waals surface area (Å²) in [6.07, 6.45) is 3.19. The van der Waals surface area contributed by atoms with Crippen molar-refractivity contribution >= 4 is 6.29 Å². The van der Waals surface area contributed by atoms with E-state index in [1.165, 1.54) is 24.0 Å². The summed E-state index contributed by atoms with van der Waals surface area (Å²) in [7, 11) is 0. The largest absolute Gasteiger partial charge is 0.486 e. The maximum absolute atomic E-state index is 10.5. The quantitative estimate of drug-likeness (QED) is 0.770. The lowest BCUT2D eigenvalue weighted by molar-refractivity contribution is -0.109. The average Bonchev–Trinajstić information content (AvgIpc) is 2.33. The Morgan fingerprint density at radius 2 is 1.63 bits per heavy atom. The van der Waals surface area contributed by atoms with E-state index in [-0.39, 0.29) is 17.4 Å². The van der Waals surface area contributed by atoms with Gasteiger partial charge in [-0.15, -0.1) is 0 Å². The van der Waals surface area contributed by atoms with Gasteiger partial charge in [0.2, 0.25) is 0 Å². The summed E-state index contributed by atoms with van der Waals surface area (Å²) in [5.41, 5.74) is 4.32. The zero-order valence-corrected chi connectivity index (χ0v) is 12.7. The van der Waals surface area contributed by atoms with Crippen LogP contribution in [0.3, 0.4) is 0 Å². The minimum absolute atomic E-state index is 0.128. The molecule has 0 fully saturated rings. The number of carbonyl (C=O) groups is 1. The maximum Gasteiger partial charge on any atom is 0.157 e. The van der Waals surface area contributed by atoms with Gasteiger partial charge in [-0.3, -0.25) is 4.79 Å². The van der Waals surface area contributed by atoms with Crippen LogP contribution in [0.25, 0.3) is 0 Å². The van der Waals surface area contributed by atoms with Crippen molar-refractivity contribution in [2.24, 2.45) is 0 Å². The Morgan fingerprint density at radius 1 is 1.11 bits per heavy atom. The van der Waals surface area contributed by atoms with E-state index in [1.54, 1.807) is 0 Å². The molecule has 1 aliphatic carbocycles. The molecule has 2 nitrogen and oxygen atoms in total. The zero-order valence-electron chi connectivity index (χ0n) is 12.7. The highest BCUT2D eigenvalue weighted by Gasteiger charge is 2.37. The van der Waals surface area contributed by atoms with Crippen LogP contribution in [0, 0.1) is 6.92 Å². The molecule has 1 aromatic rings. The fourth-order valence-corrected chi connectivity index (χ4v) is 2.98. The van der Waals surface area contributed by atoms with Gasteiger partial charge in [0.25, 0.3) is 0 Å². The minimum Gasteiger partial charge on any atom is -0.486 e. The van der Waals surface area contributed by atoms with Crippen molar-refractivity contribution in [2.75, 3.05) is 6.61 Å². The number of rotatable bonds is 3. The van der Waals surface area contributed by atoms with Crippen LogP contribution >= 0.6 is 0 Å². The van der Waals surface area contributed by atoms with Gasteiger partial charge in [-0.25, -0.2) is 0 Å². The minimum atomic E-state index is 0.128. The maximum atomic E-state index is 10.5. The van der Waals surface area contributed by atoms with Crippen LogP contribution in [0.15, 0.2) is 12.1 Å². The van der Waals surface area contributed by atoms with E-state index in [0.717, 1.165) is 17.6 Å². The van der Waals surface area contributed by atoms with Gasteiger partial charge in [-0.05, 0) is 53.4 Å². The van der Waals surface area contributed by atoms with E-state index in [9.17, 15) is 4.79 Å². The second kappa shape index (κ2) is 4.66. The van der Waals surface area contributed by atoms with Crippen LogP contribution in [0.1, 0.15) is 57.2 Å². The number of hydrogen-bond donors (Lipinski definition) is 0. The molecule has 19 heavy (non-hydrogen) atoms. The lowest BCUT2D eigenvalue weighted by Crippen LogP contribution is -2.34. The Kier molecular flexibility index (Phi) is 3.46. The lowest BCUT2D eigenvalue weighted by Gasteiger charge is -2.42. The van der Waals surface area contributed by atoms with E-state index < -0.39 is 0 Å². The Labute approximate surface area is 116 Å². The van der Waals surface area contributed by atoms with Gasteiger partial charge in [0.15, 0.2) is 6.29 Å². The molecule has 0 spiro atoms. The van der Waals surface area contributed by atoms with Gasteiger partial charge in [-0.2, -0.15) is 0 Å². The summed E-state index contributed by atoms with van der Waals surface area (Å²) >= 11 is 0. The van der Waals surface area contributed by atoms with Gasteiger partial charge in [0, 0.05) is 0 Å². The van der Waals surface area contributed by atoms with Gasteiger partial charge >= 0.3 is 0 Å². The predicted molar refractivity (Wildman–Crippen MR) is 78.0 cm³/mol. The Balaban J connectivity index is 2.54. The first-order valence-corrected chi connectivity index (χ1v) is 7.00. The van der Waals surface area contributed by atoms with Crippen LogP contribution in [0.5, 0.6) is 5.75 Å². The number of ether oxygens (including phenoxy) is 1. The second-order valence-corrected chi connectivity index (χ2v) is 6.91. The number of benzene rings is 1. The lowest BCUT2D eigenvalue weighted by atomic mass is 9.63. The number of aryl methyl sites for hydroxylation is 1. The second-order valence-electron chi connectivity index (χ2n) is 6.91. The fraction of sp³-hybridized carbons (Fsp3) is 0.588. The molecule has 0 radical (unpaired) electrons. The standard InChI is InChI=1S/C17H24O2/c1-12-10-13-14(11-15(12)19-9-8-18)17(4,5)7-6-16(13,2)3/h8,10-11H,6-7,9H2,1-5H3. The zero-order chi connectivity index (χ0) is 14.3. The number of hydrogen-bond acceptors (Lipinski definition) is 2. The third-order valence-electron chi connectivity index (χ3n) is 4.46. The molecule has 0 heterocycles. The first-order chi connectivity index (χ1) is 8.78. The smallest absolute Gasteiger partial charge is 0.157 e. The van der Waals surface area contributed by atoms with E-state index in [1.807, 2.05) is 0 Å². The highest BCUT2D eigenvalue weighted by atomic mass is 16.5. The predicted octanol–water partition coefficient (Wildman–Crippen LogP) is 3.92. The van der Waals surface area contributed by atoms with Gasteiger partial charge < -0.3 is 4.74 Å². The third kappa shape index (κ3) is 2.54. The first-order valence-electron chi connectivity index (χ1n) is 7.00. The highest BCUT2D eigenvalue weighted by molar-refractivity contribution is 5.53. The van der Waals surface area contributed by atoms with E-state index in [0.29, 0.717) is 0 Å². The topological polar surface area (TPSA) is 26.3 Å². The van der Waals surface area contributed by atoms with Gasteiger partial charge in [0.05, 0.1) is 0 Å². The molecule has 1 aliphatic rings. The van der Waals surface area contributed by atoms with Crippen LogP contribution < -0.4 is 4.74 Å². The summed E-state index contributed by atoms with van der Waals surface area (Å²) in [6.45, 7) is 11.4.